The van der Waals surface area contributed by atoms with Gasteiger partial charge in [0.25, 0.3) is 0 Å². The number of thiocarbonyl (C=S) groups is 2. The molecule has 2 rings (SSSR count). The van der Waals surface area contributed by atoms with Crippen LogP contribution in [0.15, 0.2) is 48.5 Å². The highest BCUT2D eigenvalue weighted by molar-refractivity contribution is 7.81. The van der Waals surface area contributed by atoms with Crippen LogP contribution in [0.25, 0.3) is 0 Å². The summed E-state index contributed by atoms with van der Waals surface area (Å²) in [6, 6.07) is 13.5. The zero-order chi connectivity index (χ0) is 16.7. The lowest BCUT2D eigenvalue weighted by Crippen LogP contribution is -2.45. The van der Waals surface area contributed by atoms with Gasteiger partial charge in [-0.25, -0.2) is 4.39 Å². The molecule has 0 amide bonds. The van der Waals surface area contributed by atoms with Crippen LogP contribution in [0.2, 0.25) is 0 Å². The highest BCUT2D eigenvalue weighted by Crippen LogP contribution is 2.14. The number of hydrazine groups is 1. The van der Waals surface area contributed by atoms with Crippen LogP contribution in [0.5, 0.6) is 5.75 Å². The minimum atomic E-state index is -0.393. The van der Waals surface area contributed by atoms with Crippen LogP contribution >= 0.6 is 24.4 Å². The molecule has 0 unspecified atom stereocenters. The first-order valence-corrected chi connectivity index (χ1v) is 7.42. The van der Waals surface area contributed by atoms with Crippen molar-refractivity contribution in [3.63, 3.8) is 0 Å². The molecule has 8 heteroatoms. The van der Waals surface area contributed by atoms with Crippen molar-refractivity contribution in [3.8, 4) is 5.75 Å². The molecule has 0 bridgehead atoms. The summed E-state index contributed by atoms with van der Waals surface area (Å²) in [7, 11) is 1.60. The van der Waals surface area contributed by atoms with Crippen molar-refractivity contribution in [3.05, 3.63) is 54.3 Å². The van der Waals surface area contributed by atoms with Crippen LogP contribution in [0.3, 0.4) is 0 Å². The van der Waals surface area contributed by atoms with E-state index >= 15 is 0 Å². The predicted octanol–water partition coefficient (Wildman–Crippen LogP) is 3.02. The fourth-order valence-electron chi connectivity index (χ4n) is 1.67. The molecule has 5 nitrogen and oxygen atoms in total. The number of hydrogen-bond acceptors (Lipinski definition) is 3. The zero-order valence-electron chi connectivity index (χ0n) is 12.2. The second-order valence-corrected chi connectivity index (χ2v) is 5.18. The van der Waals surface area contributed by atoms with Gasteiger partial charge in [-0.3, -0.25) is 10.9 Å². The third-order valence-corrected chi connectivity index (χ3v) is 3.17. The van der Waals surface area contributed by atoms with E-state index in [0.717, 1.165) is 11.4 Å². The number of benzene rings is 2. The molecule has 0 heterocycles. The van der Waals surface area contributed by atoms with E-state index in [-0.39, 0.29) is 10.8 Å². The second kappa shape index (κ2) is 8.25. The molecule has 0 spiro atoms. The first-order valence-electron chi connectivity index (χ1n) is 6.61. The number of anilines is 2. The second-order valence-electron chi connectivity index (χ2n) is 4.37. The van der Waals surface area contributed by atoms with Gasteiger partial charge < -0.3 is 15.4 Å². The van der Waals surface area contributed by atoms with Crippen LogP contribution in [0, 0.1) is 5.82 Å². The molecule has 0 aliphatic heterocycles. The van der Waals surface area contributed by atoms with E-state index < -0.39 is 5.82 Å². The average molecular weight is 350 g/mol. The minimum Gasteiger partial charge on any atom is -0.497 e. The molecule has 120 valence electrons. The van der Waals surface area contributed by atoms with Gasteiger partial charge in [-0.15, -0.1) is 0 Å². The third-order valence-electron chi connectivity index (χ3n) is 2.76. The van der Waals surface area contributed by atoms with E-state index in [2.05, 4.69) is 21.5 Å². The van der Waals surface area contributed by atoms with Crippen LogP contribution in [0.4, 0.5) is 15.8 Å². The summed E-state index contributed by atoms with van der Waals surface area (Å²) in [6.07, 6.45) is 0. The number of ether oxygens (including phenoxy) is 1. The lowest BCUT2D eigenvalue weighted by Gasteiger charge is -2.14. The number of methoxy groups -OCH3 is 1. The first-order chi connectivity index (χ1) is 11.1. The van der Waals surface area contributed by atoms with Crippen LogP contribution in [-0.4, -0.2) is 17.3 Å². The van der Waals surface area contributed by atoms with E-state index in [4.69, 9.17) is 29.2 Å². The molecule has 4 N–H and O–H groups in total. The molecule has 0 fully saturated rings. The Bertz CT molecular complexity index is 694. The molecular formula is C15H15FN4OS2. The van der Waals surface area contributed by atoms with Crippen LogP contribution in [-0.2, 0) is 0 Å². The number of rotatable bonds is 3. The van der Waals surface area contributed by atoms with Gasteiger partial charge in [0, 0.05) is 5.69 Å². The molecule has 0 saturated heterocycles. The summed E-state index contributed by atoms with van der Waals surface area (Å²) in [5.41, 5.74) is 6.46. The van der Waals surface area contributed by atoms with Crippen molar-refractivity contribution < 1.29 is 9.13 Å². The standard InChI is InChI=1S/C15H15FN4OS2/c1-21-11-8-6-10(7-9-11)17-14(22)19-20-15(23)18-13-5-3-2-4-12(13)16/h2-9H,1H3,(H2,17,19,22)(H2,18,20,23). The largest absolute Gasteiger partial charge is 0.497 e. The van der Waals surface area contributed by atoms with Crippen molar-refractivity contribution in [1.29, 1.82) is 0 Å². The van der Waals surface area contributed by atoms with Gasteiger partial charge in [-0.2, -0.15) is 0 Å². The number of para-hydroxylation sites is 1. The number of hydrogen-bond donors (Lipinski definition) is 4. The smallest absolute Gasteiger partial charge is 0.189 e. The van der Waals surface area contributed by atoms with Crippen LogP contribution in [0.1, 0.15) is 0 Å². The van der Waals surface area contributed by atoms with E-state index in [0.29, 0.717) is 5.11 Å². The monoisotopic (exact) mass is 350 g/mol. The highest BCUT2D eigenvalue weighted by atomic mass is 32.1. The van der Waals surface area contributed by atoms with E-state index in [1.807, 2.05) is 24.3 Å². The Hall–Kier alpha value is -2.45. The molecular weight excluding hydrogens is 335 g/mol. The number of nitrogens with one attached hydrogen (secondary N) is 4. The fourth-order valence-corrected chi connectivity index (χ4v) is 2.00. The Balaban J connectivity index is 1.79. The Kier molecular flexibility index (Phi) is 6.07. The van der Waals surface area contributed by atoms with Gasteiger partial charge in [-0.05, 0) is 60.8 Å². The van der Waals surface area contributed by atoms with Gasteiger partial charge in [0.05, 0.1) is 12.8 Å². The average Bonchev–Trinajstić information content (AvgIpc) is 2.56. The van der Waals surface area contributed by atoms with Gasteiger partial charge >= 0.3 is 0 Å². The van der Waals surface area contributed by atoms with Crippen molar-refractivity contribution in [2.45, 2.75) is 0 Å². The Morgan fingerprint density at radius 2 is 1.52 bits per heavy atom. The molecule has 0 saturated carbocycles. The molecule has 0 radical (unpaired) electrons. The molecule has 0 aromatic heterocycles. The molecule has 2 aromatic rings. The maximum atomic E-state index is 13.5. The minimum absolute atomic E-state index is 0.189. The fraction of sp³-hybridized carbons (Fsp3) is 0.0667. The summed E-state index contributed by atoms with van der Waals surface area (Å²) < 4.78 is 18.6. The SMILES string of the molecule is COc1ccc(NC(=S)NNC(=S)Nc2ccccc2F)cc1. The van der Waals surface area contributed by atoms with Gasteiger partial charge in [0.15, 0.2) is 10.2 Å². The van der Waals surface area contributed by atoms with Gasteiger partial charge in [0.2, 0.25) is 0 Å². The first kappa shape index (κ1) is 16.9. The summed E-state index contributed by atoms with van der Waals surface area (Å²) >= 11 is 10.2. The quantitative estimate of drug-likeness (QED) is 0.501. The Labute approximate surface area is 144 Å². The summed E-state index contributed by atoms with van der Waals surface area (Å²) in [6.45, 7) is 0. The Morgan fingerprint density at radius 3 is 2.13 bits per heavy atom. The van der Waals surface area contributed by atoms with Crippen molar-refractivity contribution in [1.82, 2.24) is 10.9 Å². The van der Waals surface area contributed by atoms with E-state index in [9.17, 15) is 4.39 Å². The maximum absolute atomic E-state index is 13.5. The predicted molar refractivity (Wildman–Crippen MR) is 98.1 cm³/mol. The van der Waals surface area contributed by atoms with Gasteiger partial charge in [-0.1, -0.05) is 12.1 Å². The van der Waals surface area contributed by atoms with Crippen molar-refractivity contribution in [2.75, 3.05) is 17.7 Å². The Morgan fingerprint density at radius 1 is 0.913 bits per heavy atom. The lowest BCUT2D eigenvalue weighted by atomic mass is 10.3. The summed E-state index contributed by atoms with van der Waals surface area (Å²) in [5.74, 6) is 0.360. The highest BCUT2D eigenvalue weighted by Gasteiger charge is 2.03. The normalized spacial score (nSPS) is 9.65. The number of halogens is 1. The summed E-state index contributed by atoms with van der Waals surface area (Å²) in [5, 5.41) is 6.19. The topological polar surface area (TPSA) is 57.4 Å². The maximum Gasteiger partial charge on any atom is 0.189 e. The van der Waals surface area contributed by atoms with Gasteiger partial charge in [0.1, 0.15) is 11.6 Å². The van der Waals surface area contributed by atoms with E-state index in [1.165, 1.54) is 6.07 Å². The lowest BCUT2D eigenvalue weighted by molar-refractivity contribution is 0.415. The summed E-state index contributed by atoms with van der Waals surface area (Å²) in [4.78, 5) is 0. The van der Waals surface area contributed by atoms with Crippen molar-refractivity contribution in [2.24, 2.45) is 0 Å². The molecule has 0 aliphatic carbocycles. The van der Waals surface area contributed by atoms with Crippen LogP contribution < -0.4 is 26.2 Å². The molecule has 23 heavy (non-hydrogen) atoms. The van der Waals surface area contributed by atoms with Crippen molar-refractivity contribution >= 4 is 46.0 Å². The molecule has 0 atom stereocenters. The molecule has 2 aromatic carbocycles. The molecule has 0 aliphatic rings. The zero-order valence-corrected chi connectivity index (χ0v) is 13.9. The third kappa shape index (κ3) is 5.35. The van der Waals surface area contributed by atoms with E-state index in [1.54, 1.807) is 25.3 Å².